The molecule has 0 saturated carbocycles. The first-order chi connectivity index (χ1) is 16.5. The number of thiazole rings is 1. The van der Waals surface area contributed by atoms with Gasteiger partial charge in [-0.1, -0.05) is 35.9 Å². The minimum Gasteiger partial charge on any atom is -0.493 e. The van der Waals surface area contributed by atoms with Crippen LogP contribution in [0.1, 0.15) is 46.5 Å². The first-order valence-corrected chi connectivity index (χ1v) is 13.1. The molecule has 1 aliphatic rings. The molecular formula is C27H32ClN3O2S. The van der Waals surface area contributed by atoms with Gasteiger partial charge < -0.3 is 10.1 Å². The summed E-state index contributed by atoms with van der Waals surface area (Å²) in [5, 5.41) is 3.81. The molecule has 1 aromatic heterocycles. The molecule has 0 bridgehead atoms. The number of nitrogens with one attached hydrogen (secondary N) is 1. The second kappa shape index (κ2) is 11.8. The molecule has 0 spiro atoms. The number of hydrogen-bond acceptors (Lipinski definition) is 5. The highest BCUT2D eigenvalue weighted by atomic mass is 35.5. The van der Waals surface area contributed by atoms with Crippen LogP contribution in [0.4, 0.5) is 0 Å². The number of rotatable bonds is 9. The fourth-order valence-corrected chi connectivity index (χ4v) is 5.29. The zero-order valence-corrected chi connectivity index (χ0v) is 21.4. The molecule has 2 aromatic carbocycles. The van der Waals surface area contributed by atoms with Gasteiger partial charge >= 0.3 is 0 Å². The van der Waals surface area contributed by atoms with Crippen molar-refractivity contribution in [3.05, 3.63) is 80.3 Å². The molecule has 180 valence electrons. The molecule has 0 aliphatic carbocycles. The number of nitrogens with zero attached hydrogens (tertiary/aromatic N) is 2. The number of carbonyl (C=O) groups excluding carboxylic acids is 1. The average Bonchev–Trinajstić information content (AvgIpc) is 3.10. The Bertz CT molecular complexity index is 1100. The van der Waals surface area contributed by atoms with Crippen LogP contribution in [0.15, 0.2) is 48.0 Å². The van der Waals surface area contributed by atoms with Crippen LogP contribution in [0.5, 0.6) is 5.75 Å². The van der Waals surface area contributed by atoms with Crippen LogP contribution in [0.25, 0.3) is 0 Å². The Morgan fingerprint density at radius 3 is 2.62 bits per heavy atom. The second-order valence-corrected chi connectivity index (χ2v) is 10.3. The predicted octanol–water partition coefficient (Wildman–Crippen LogP) is 5.71. The SMILES string of the molecule is Cc1cc(CN(Cc2ccc(Cl)cc2)C2CCCCNC2=O)ccc1OCCc1scnc1C. The van der Waals surface area contributed by atoms with Gasteiger partial charge in [-0.25, -0.2) is 4.98 Å². The minimum atomic E-state index is -0.142. The number of ether oxygens (including phenoxy) is 1. The molecule has 0 radical (unpaired) electrons. The van der Waals surface area contributed by atoms with Crippen LogP contribution in [-0.2, 0) is 24.3 Å². The lowest BCUT2D eigenvalue weighted by atomic mass is 10.0. The van der Waals surface area contributed by atoms with Crippen molar-refractivity contribution >= 4 is 28.8 Å². The molecular weight excluding hydrogens is 466 g/mol. The predicted molar refractivity (Wildman–Crippen MR) is 139 cm³/mol. The second-order valence-electron chi connectivity index (χ2n) is 8.89. The monoisotopic (exact) mass is 497 g/mol. The zero-order chi connectivity index (χ0) is 23.9. The van der Waals surface area contributed by atoms with Crippen LogP contribution >= 0.6 is 22.9 Å². The summed E-state index contributed by atoms with van der Waals surface area (Å²) in [6, 6.07) is 14.1. The van der Waals surface area contributed by atoms with Gasteiger partial charge in [0, 0.05) is 36.0 Å². The summed E-state index contributed by atoms with van der Waals surface area (Å²) < 4.78 is 6.07. The van der Waals surface area contributed by atoms with Crippen LogP contribution in [-0.4, -0.2) is 35.0 Å². The van der Waals surface area contributed by atoms with Gasteiger partial charge in [-0.2, -0.15) is 0 Å². The lowest BCUT2D eigenvalue weighted by Crippen LogP contribution is -2.45. The normalized spacial score (nSPS) is 16.4. The fraction of sp³-hybridized carbons (Fsp3) is 0.407. The number of carbonyl (C=O) groups is 1. The van der Waals surface area contributed by atoms with Gasteiger partial charge in [-0.3, -0.25) is 9.69 Å². The van der Waals surface area contributed by atoms with Crippen molar-refractivity contribution in [1.29, 1.82) is 0 Å². The van der Waals surface area contributed by atoms with E-state index in [1.54, 1.807) is 11.3 Å². The molecule has 5 nitrogen and oxygen atoms in total. The van der Waals surface area contributed by atoms with Crippen molar-refractivity contribution in [2.45, 2.75) is 58.7 Å². The lowest BCUT2D eigenvalue weighted by molar-refractivity contribution is -0.126. The maximum Gasteiger partial charge on any atom is 0.237 e. The lowest BCUT2D eigenvalue weighted by Gasteiger charge is -2.30. The summed E-state index contributed by atoms with van der Waals surface area (Å²) in [4.78, 5) is 20.7. The highest BCUT2D eigenvalue weighted by molar-refractivity contribution is 7.09. The highest BCUT2D eigenvalue weighted by Gasteiger charge is 2.27. The fourth-order valence-electron chi connectivity index (χ4n) is 4.40. The van der Waals surface area contributed by atoms with Gasteiger partial charge in [0.15, 0.2) is 0 Å². The van der Waals surface area contributed by atoms with Crippen molar-refractivity contribution in [3.8, 4) is 5.75 Å². The number of hydrogen-bond donors (Lipinski definition) is 1. The molecule has 1 aliphatic heterocycles. The van der Waals surface area contributed by atoms with E-state index in [9.17, 15) is 4.79 Å². The molecule has 1 fully saturated rings. The Morgan fingerprint density at radius 2 is 1.88 bits per heavy atom. The third-order valence-corrected chi connectivity index (χ3v) is 7.55. The molecule has 2 heterocycles. The number of aryl methyl sites for hydroxylation is 2. The first-order valence-electron chi connectivity index (χ1n) is 11.9. The van der Waals surface area contributed by atoms with Crippen molar-refractivity contribution in [2.24, 2.45) is 0 Å². The number of benzene rings is 2. The van der Waals surface area contributed by atoms with Crippen LogP contribution in [0, 0.1) is 13.8 Å². The summed E-state index contributed by atoms with van der Waals surface area (Å²) >= 11 is 7.76. The van der Waals surface area contributed by atoms with Crippen molar-refractivity contribution in [1.82, 2.24) is 15.2 Å². The standard InChI is InChI=1S/C27H32ClN3O2S/c1-19-15-22(8-11-25(19)33-14-12-26-20(2)30-18-34-26)17-31(16-21-6-9-23(28)10-7-21)24-5-3-4-13-29-27(24)32/h6-11,15,18,24H,3-5,12-14,16-17H2,1-2H3,(H,29,32). The Balaban J connectivity index is 1.46. The topological polar surface area (TPSA) is 54.5 Å². The van der Waals surface area contributed by atoms with Crippen LogP contribution in [0.2, 0.25) is 5.02 Å². The van der Waals surface area contributed by atoms with Gasteiger partial charge in [-0.15, -0.1) is 11.3 Å². The van der Waals surface area contributed by atoms with Crippen molar-refractivity contribution < 1.29 is 9.53 Å². The third kappa shape index (κ3) is 6.59. The Labute approximate surface area is 211 Å². The molecule has 7 heteroatoms. The summed E-state index contributed by atoms with van der Waals surface area (Å²) in [6.45, 7) is 6.90. The van der Waals surface area contributed by atoms with E-state index >= 15 is 0 Å². The molecule has 1 unspecified atom stereocenters. The van der Waals surface area contributed by atoms with Gasteiger partial charge in [0.1, 0.15) is 5.75 Å². The van der Waals surface area contributed by atoms with E-state index in [4.69, 9.17) is 16.3 Å². The van der Waals surface area contributed by atoms with Crippen molar-refractivity contribution in [3.63, 3.8) is 0 Å². The maximum absolute atomic E-state index is 12.9. The molecule has 3 aromatic rings. The summed E-state index contributed by atoms with van der Waals surface area (Å²) in [7, 11) is 0. The van der Waals surface area contributed by atoms with Gasteiger partial charge in [0.2, 0.25) is 5.91 Å². The minimum absolute atomic E-state index is 0.126. The van der Waals surface area contributed by atoms with E-state index < -0.39 is 0 Å². The van der Waals surface area contributed by atoms with Gasteiger partial charge in [0.25, 0.3) is 0 Å². The molecule has 1 saturated heterocycles. The molecule has 34 heavy (non-hydrogen) atoms. The van der Waals surface area contributed by atoms with Crippen molar-refractivity contribution in [2.75, 3.05) is 13.2 Å². The van der Waals surface area contributed by atoms with Gasteiger partial charge in [-0.05, 0) is 68.0 Å². The molecule has 1 atom stereocenters. The third-order valence-electron chi connectivity index (χ3n) is 6.30. The Morgan fingerprint density at radius 1 is 1.12 bits per heavy atom. The molecule has 1 amide bonds. The maximum atomic E-state index is 12.9. The van der Waals surface area contributed by atoms with Crippen LogP contribution in [0.3, 0.4) is 0 Å². The smallest absolute Gasteiger partial charge is 0.237 e. The molecule has 1 N–H and O–H groups in total. The number of halogens is 1. The Kier molecular flexibility index (Phi) is 8.59. The van der Waals surface area contributed by atoms with E-state index in [2.05, 4.69) is 40.3 Å². The largest absolute Gasteiger partial charge is 0.493 e. The number of aromatic nitrogens is 1. The Hall–Kier alpha value is -2.41. The first kappa shape index (κ1) is 24.7. The summed E-state index contributed by atoms with van der Waals surface area (Å²) in [6.07, 6.45) is 3.81. The highest BCUT2D eigenvalue weighted by Crippen LogP contribution is 2.24. The quantitative estimate of drug-likeness (QED) is 0.411. The molecule has 4 rings (SSSR count). The van der Waals surface area contributed by atoms with Crippen LogP contribution < -0.4 is 10.1 Å². The van der Waals surface area contributed by atoms with E-state index in [0.29, 0.717) is 19.7 Å². The van der Waals surface area contributed by atoms with E-state index in [0.717, 1.165) is 59.8 Å². The van der Waals surface area contributed by atoms with E-state index in [-0.39, 0.29) is 11.9 Å². The zero-order valence-electron chi connectivity index (χ0n) is 19.9. The summed E-state index contributed by atoms with van der Waals surface area (Å²) in [5.41, 5.74) is 6.40. The van der Waals surface area contributed by atoms with E-state index in [1.807, 2.05) is 36.7 Å². The average molecular weight is 498 g/mol. The van der Waals surface area contributed by atoms with Gasteiger partial charge in [0.05, 0.1) is 23.9 Å². The summed E-state index contributed by atoms with van der Waals surface area (Å²) in [5.74, 6) is 1.03. The van der Waals surface area contributed by atoms with E-state index in [1.165, 1.54) is 10.4 Å². The number of amides is 1.